The van der Waals surface area contributed by atoms with E-state index in [1.807, 2.05) is 6.92 Å². The second-order valence-corrected chi connectivity index (χ2v) is 3.48. The smallest absolute Gasteiger partial charge is 0.303 e. The molecule has 0 aliphatic rings. The fraction of sp³-hybridized carbons (Fsp3) is 0.900. The van der Waals surface area contributed by atoms with Gasteiger partial charge in [-0.15, -0.1) is 0 Å². The number of carboxylic acid groups (broad SMARTS) is 1. The van der Waals surface area contributed by atoms with E-state index in [1.165, 1.54) is 0 Å². The number of ether oxygens (including phenoxy) is 1. The molecule has 15 heavy (non-hydrogen) atoms. The molecule has 0 rings (SSSR count). The van der Waals surface area contributed by atoms with Crippen molar-refractivity contribution in [2.45, 2.75) is 32.2 Å². The van der Waals surface area contributed by atoms with Gasteiger partial charge in [-0.2, -0.15) is 0 Å². The lowest BCUT2D eigenvalue weighted by atomic mass is 10.2. The van der Waals surface area contributed by atoms with Gasteiger partial charge in [0.25, 0.3) is 0 Å². The van der Waals surface area contributed by atoms with Crippen LogP contribution in [0, 0.1) is 0 Å². The van der Waals surface area contributed by atoms with Crippen molar-refractivity contribution in [2.75, 3.05) is 26.4 Å². The van der Waals surface area contributed by atoms with E-state index in [9.17, 15) is 4.79 Å². The number of aliphatic carboxylic acids is 1. The van der Waals surface area contributed by atoms with E-state index in [4.69, 9.17) is 14.9 Å². The van der Waals surface area contributed by atoms with Gasteiger partial charge in [-0.05, 0) is 26.3 Å². The Morgan fingerprint density at radius 2 is 2.20 bits per heavy atom. The first-order valence-corrected chi connectivity index (χ1v) is 5.30. The summed E-state index contributed by atoms with van der Waals surface area (Å²) >= 11 is 0. The molecule has 0 aromatic carbocycles. The van der Waals surface area contributed by atoms with Crippen LogP contribution in [0.2, 0.25) is 0 Å². The molecule has 0 saturated carbocycles. The molecule has 0 aliphatic carbocycles. The summed E-state index contributed by atoms with van der Waals surface area (Å²) in [6.07, 6.45) is 1.72. The van der Waals surface area contributed by atoms with E-state index < -0.39 is 5.97 Å². The molecular formula is C10H21NO4. The average molecular weight is 219 g/mol. The van der Waals surface area contributed by atoms with Gasteiger partial charge in [0.1, 0.15) is 0 Å². The highest BCUT2D eigenvalue weighted by Crippen LogP contribution is 1.96. The van der Waals surface area contributed by atoms with Gasteiger partial charge in [-0.3, -0.25) is 4.79 Å². The maximum Gasteiger partial charge on any atom is 0.303 e. The molecule has 0 aromatic heterocycles. The number of nitrogens with one attached hydrogen (secondary N) is 1. The SMILES string of the molecule is CC(CCC(=O)O)NCCCOCCO. The van der Waals surface area contributed by atoms with E-state index >= 15 is 0 Å². The molecule has 0 heterocycles. The van der Waals surface area contributed by atoms with E-state index in [0.29, 0.717) is 19.6 Å². The minimum absolute atomic E-state index is 0.0580. The Labute approximate surface area is 90.4 Å². The van der Waals surface area contributed by atoms with Crippen LogP contribution in [-0.4, -0.2) is 48.6 Å². The van der Waals surface area contributed by atoms with Crippen molar-refractivity contribution in [3.05, 3.63) is 0 Å². The Morgan fingerprint density at radius 1 is 1.47 bits per heavy atom. The second kappa shape index (κ2) is 9.89. The molecule has 0 spiro atoms. The van der Waals surface area contributed by atoms with Gasteiger partial charge >= 0.3 is 5.97 Å². The van der Waals surface area contributed by atoms with Crippen LogP contribution >= 0.6 is 0 Å². The number of rotatable bonds is 10. The third kappa shape index (κ3) is 11.3. The van der Waals surface area contributed by atoms with Crippen LogP contribution < -0.4 is 5.32 Å². The Kier molecular flexibility index (Phi) is 9.46. The monoisotopic (exact) mass is 219 g/mol. The van der Waals surface area contributed by atoms with Crippen LogP contribution in [0.3, 0.4) is 0 Å². The molecular weight excluding hydrogens is 198 g/mol. The third-order valence-electron chi connectivity index (χ3n) is 1.99. The highest BCUT2D eigenvalue weighted by atomic mass is 16.5. The van der Waals surface area contributed by atoms with Crippen molar-refractivity contribution < 1.29 is 19.7 Å². The highest BCUT2D eigenvalue weighted by Gasteiger charge is 2.03. The summed E-state index contributed by atoms with van der Waals surface area (Å²) in [5.41, 5.74) is 0. The number of hydrogen-bond acceptors (Lipinski definition) is 4. The van der Waals surface area contributed by atoms with Crippen molar-refractivity contribution in [1.82, 2.24) is 5.32 Å². The largest absolute Gasteiger partial charge is 0.481 e. The van der Waals surface area contributed by atoms with E-state index in [2.05, 4.69) is 5.32 Å². The maximum absolute atomic E-state index is 10.3. The van der Waals surface area contributed by atoms with Crippen LogP contribution in [-0.2, 0) is 9.53 Å². The highest BCUT2D eigenvalue weighted by molar-refractivity contribution is 5.66. The molecule has 1 unspecified atom stereocenters. The Hall–Kier alpha value is -0.650. The van der Waals surface area contributed by atoms with Crippen molar-refractivity contribution in [1.29, 1.82) is 0 Å². The van der Waals surface area contributed by atoms with Gasteiger partial charge in [0.2, 0.25) is 0 Å². The maximum atomic E-state index is 10.3. The van der Waals surface area contributed by atoms with E-state index in [0.717, 1.165) is 13.0 Å². The standard InChI is InChI=1S/C10H21NO4/c1-9(3-4-10(13)14)11-5-2-7-15-8-6-12/h9,11-12H,2-8H2,1H3,(H,13,14). The average Bonchev–Trinajstić information content (AvgIpc) is 2.20. The Bertz CT molecular complexity index is 164. The van der Waals surface area contributed by atoms with Gasteiger partial charge in [-0.1, -0.05) is 0 Å². The van der Waals surface area contributed by atoms with Crippen molar-refractivity contribution >= 4 is 5.97 Å². The molecule has 3 N–H and O–H groups in total. The molecule has 0 aliphatic heterocycles. The first kappa shape index (κ1) is 14.3. The summed E-state index contributed by atoms with van der Waals surface area (Å²) in [5.74, 6) is -0.755. The summed E-state index contributed by atoms with van der Waals surface area (Å²) < 4.78 is 5.08. The van der Waals surface area contributed by atoms with Crippen molar-refractivity contribution in [3.8, 4) is 0 Å². The minimum atomic E-state index is -0.755. The summed E-state index contributed by atoms with van der Waals surface area (Å²) in [4.78, 5) is 10.3. The quantitative estimate of drug-likeness (QED) is 0.458. The predicted molar refractivity (Wildman–Crippen MR) is 56.9 cm³/mol. The molecule has 0 amide bonds. The van der Waals surface area contributed by atoms with Crippen LogP contribution in [0.1, 0.15) is 26.2 Å². The lowest BCUT2D eigenvalue weighted by molar-refractivity contribution is -0.137. The number of carbonyl (C=O) groups is 1. The zero-order chi connectivity index (χ0) is 11.5. The Balaban J connectivity index is 3.16. The number of carboxylic acids is 1. The molecule has 0 saturated heterocycles. The van der Waals surface area contributed by atoms with Gasteiger partial charge < -0.3 is 20.3 Å². The third-order valence-corrected chi connectivity index (χ3v) is 1.99. The fourth-order valence-corrected chi connectivity index (χ4v) is 1.13. The summed E-state index contributed by atoms with van der Waals surface area (Å²) in [6, 6.07) is 0.221. The molecule has 0 bridgehead atoms. The first-order valence-electron chi connectivity index (χ1n) is 5.30. The topological polar surface area (TPSA) is 78.8 Å². The predicted octanol–water partition coefficient (Wildman–Crippen LogP) is 0.228. The number of hydrogen-bond donors (Lipinski definition) is 3. The Morgan fingerprint density at radius 3 is 2.80 bits per heavy atom. The molecule has 1 atom stereocenters. The summed E-state index contributed by atoms with van der Waals surface area (Å²) in [6.45, 7) is 3.85. The van der Waals surface area contributed by atoms with Crippen LogP contribution in [0.5, 0.6) is 0 Å². The molecule has 90 valence electrons. The van der Waals surface area contributed by atoms with E-state index in [-0.39, 0.29) is 19.1 Å². The second-order valence-electron chi connectivity index (χ2n) is 3.48. The lowest BCUT2D eigenvalue weighted by Crippen LogP contribution is -2.28. The van der Waals surface area contributed by atoms with Gasteiger partial charge in [0.05, 0.1) is 13.2 Å². The van der Waals surface area contributed by atoms with Crippen molar-refractivity contribution in [3.63, 3.8) is 0 Å². The molecule has 5 nitrogen and oxygen atoms in total. The zero-order valence-electron chi connectivity index (χ0n) is 9.24. The van der Waals surface area contributed by atoms with Gasteiger partial charge in [0, 0.05) is 19.1 Å². The minimum Gasteiger partial charge on any atom is -0.481 e. The van der Waals surface area contributed by atoms with Crippen LogP contribution in [0.25, 0.3) is 0 Å². The molecule has 0 fully saturated rings. The number of aliphatic hydroxyl groups is 1. The fourth-order valence-electron chi connectivity index (χ4n) is 1.13. The van der Waals surface area contributed by atoms with Crippen molar-refractivity contribution in [2.24, 2.45) is 0 Å². The molecule has 0 aromatic rings. The van der Waals surface area contributed by atoms with Gasteiger partial charge in [0.15, 0.2) is 0 Å². The van der Waals surface area contributed by atoms with E-state index in [1.54, 1.807) is 0 Å². The molecule has 5 heteroatoms. The molecule has 0 radical (unpaired) electrons. The lowest BCUT2D eigenvalue weighted by Gasteiger charge is -2.12. The van der Waals surface area contributed by atoms with Crippen LogP contribution in [0.15, 0.2) is 0 Å². The zero-order valence-corrected chi connectivity index (χ0v) is 9.24. The summed E-state index contributed by atoms with van der Waals surface area (Å²) in [5, 5.41) is 20.1. The normalized spacial score (nSPS) is 12.7. The summed E-state index contributed by atoms with van der Waals surface area (Å²) in [7, 11) is 0. The number of aliphatic hydroxyl groups excluding tert-OH is 1. The van der Waals surface area contributed by atoms with Crippen LogP contribution in [0.4, 0.5) is 0 Å². The van der Waals surface area contributed by atoms with Gasteiger partial charge in [-0.25, -0.2) is 0 Å². The first-order chi connectivity index (χ1) is 7.16.